The molecule has 0 radical (unpaired) electrons. The van der Waals surface area contributed by atoms with Gasteiger partial charge in [0.2, 0.25) is 6.79 Å². The summed E-state index contributed by atoms with van der Waals surface area (Å²) in [5, 5.41) is 3.01. The molecular weight excluding hydrogens is 304 g/mol. The number of amides is 2. The minimum Gasteiger partial charge on any atom is -0.454 e. The van der Waals surface area contributed by atoms with Gasteiger partial charge in [0.15, 0.2) is 11.5 Å². The summed E-state index contributed by atoms with van der Waals surface area (Å²) < 4.78 is 10.9. The van der Waals surface area contributed by atoms with E-state index in [0.29, 0.717) is 13.1 Å². The van der Waals surface area contributed by atoms with Crippen molar-refractivity contribution in [3.63, 3.8) is 0 Å². The van der Waals surface area contributed by atoms with Gasteiger partial charge in [-0.25, -0.2) is 4.79 Å². The highest BCUT2D eigenvalue weighted by Crippen LogP contribution is 2.37. The Labute approximate surface area is 141 Å². The SMILES string of the molecule is CC1Cc2cc3c(cc2CN1C(=O)NCc1ccccc1)OCO3. The first-order chi connectivity index (χ1) is 11.7. The van der Waals surface area contributed by atoms with E-state index in [1.165, 1.54) is 5.56 Å². The topological polar surface area (TPSA) is 50.8 Å². The van der Waals surface area contributed by atoms with Crippen LogP contribution in [0.1, 0.15) is 23.6 Å². The summed E-state index contributed by atoms with van der Waals surface area (Å²) in [6.07, 6.45) is 0.824. The first kappa shape index (κ1) is 14.9. The number of ether oxygens (including phenoxy) is 2. The molecule has 5 nitrogen and oxygen atoms in total. The molecule has 0 saturated carbocycles. The van der Waals surface area contributed by atoms with E-state index in [1.54, 1.807) is 0 Å². The second-order valence-corrected chi connectivity index (χ2v) is 6.30. The fourth-order valence-corrected chi connectivity index (χ4v) is 3.28. The van der Waals surface area contributed by atoms with Crippen molar-refractivity contribution in [2.45, 2.75) is 32.5 Å². The van der Waals surface area contributed by atoms with E-state index in [4.69, 9.17) is 9.47 Å². The predicted octanol–water partition coefficient (Wildman–Crippen LogP) is 3.07. The molecule has 2 aliphatic heterocycles. The van der Waals surface area contributed by atoms with Gasteiger partial charge in [0.1, 0.15) is 0 Å². The summed E-state index contributed by atoms with van der Waals surface area (Å²) >= 11 is 0. The molecular formula is C19H20N2O3. The summed E-state index contributed by atoms with van der Waals surface area (Å²) in [4.78, 5) is 14.5. The average molecular weight is 324 g/mol. The second kappa shape index (κ2) is 6.07. The van der Waals surface area contributed by atoms with Crippen LogP contribution in [0.5, 0.6) is 11.5 Å². The number of rotatable bonds is 2. The highest BCUT2D eigenvalue weighted by Gasteiger charge is 2.29. The van der Waals surface area contributed by atoms with Gasteiger partial charge in [0, 0.05) is 19.1 Å². The molecule has 1 atom stereocenters. The molecule has 1 unspecified atom stereocenters. The van der Waals surface area contributed by atoms with Crippen molar-refractivity contribution < 1.29 is 14.3 Å². The monoisotopic (exact) mass is 324 g/mol. The molecule has 2 amide bonds. The lowest BCUT2D eigenvalue weighted by molar-refractivity contribution is 0.168. The van der Waals surface area contributed by atoms with E-state index < -0.39 is 0 Å². The van der Waals surface area contributed by atoms with Gasteiger partial charge in [0.05, 0.1) is 0 Å². The molecule has 2 aromatic rings. The van der Waals surface area contributed by atoms with E-state index in [0.717, 1.165) is 29.0 Å². The molecule has 0 spiro atoms. The molecule has 0 aromatic heterocycles. The van der Waals surface area contributed by atoms with Crippen LogP contribution >= 0.6 is 0 Å². The Balaban J connectivity index is 1.47. The largest absolute Gasteiger partial charge is 0.454 e. The van der Waals surface area contributed by atoms with Crippen LogP contribution in [0.15, 0.2) is 42.5 Å². The first-order valence-corrected chi connectivity index (χ1v) is 8.20. The van der Waals surface area contributed by atoms with E-state index in [9.17, 15) is 4.79 Å². The Morgan fingerprint density at radius 3 is 2.62 bits per heavy atom. The number of urea groups is 1. The van der Waals surface area contributed by atoms with Crippen LogP contribution in [0.3, 0.4) is 0 Å². The van der Waals surface area contributed by atoms with Crippen LogP contribution in [0.4, 0.5) is 4.79 Å². The average Bonchev–Trinajstić information content (AvgIpc) is 3.05. The van der Waals surface area contributed by atoms with Crippen molar-refractivity contribution in [1.82, 2.24) is 10.2 Å². The van der Waals surface area contributed by atoms with Gasteiger partial charge in [-0.2, -0.15) is 0 Å². The fraction of sp³-hybridized carbons (Fsp3) is 0.316. The van der Waals surface area contributed by atoms with Crippen molar-refractivity contribution in [2.24, 2.45) is 0 Å². The summed E-state index contributed by atoms with van der Waals surface area (Å²) in [7, 11) is 0. The van der Waals surface area contributed by atoms with Crippen LogP contribution < -0.4 is 14.8 Å². The number of hydrogen-bond acceptors (Lipinski definition) is 3. The minimum absolute atomic E-state index is 0.0327. The molecule has 2 aromatic carbocycles. The Morgan fingerprint density at radius 1 is 1.17 bits per heavy atom. The number of benzene rings is 2. The number of hydrogen-bond donors (Lipinski definition) is 1. The number of carbonyl (C=O) groups excluding carboxylic acids is 1. The molecule has 124 valence electrons. The van der Waals surface area contributed by atoms with Crippen molar-refractivity contribution >= 4 is 6.03 Å². The molecule has 0 bridgehead atoms. The van der Waals surface area contributed by atoms with Crippen molar-refractivity contribution in [2.75, 3.05) is 6.79 Å². The number of nitrogens with zero attached hydrogens (tertiary/aromatic N) is 1. The van der Waals surface area contributed by atoms with E-state index >= 15 is 0 Å². The summed E-state index contributed by atoms with van der Waals surface area (Å²) in [5.74, 6) is 1.58. The second-order valence-electron chi connectivity index (χ2n) is 6.30. The zero-order valence-corrected chi connectivity index (χ0v) is 13.6. The summed E-state index contributed by atoms with van der Waals surface area (Å²) in [5.41, 5.74) is 3.46. The Bertz CT molecular complexity index is 761. The molecule has 0 aliphatic carbocycles. The third-order valence-corrected chi connectivity index (χ3v) is 4.63. The minimum atomic E-state index is -0.0327. The molecule has 2 aliphatic rings. The van der Waals surface area contributed by atoms with Gasteiger partial charge in [-0.15, -0.1) is 0 Å². The number of carbonyl (C=O) groups is 1. The first-order valence-electron chi connectivity index (χ1n) is 8.20. The number of fused-ring (bicyclic) bond motifs is 2. The van der Waals surface area contributed by atoms with Crippen LogP contribution in [0.2, 0.25) is 0 Å². The standard InChI is InChI=1S/C19H20N2O3/c1-13-7-15-8-17-18(24-12-23-17)9-16(15)11-21(13)19(22)20-10-14-5-3-2-4-6-14/h2-6,8-9,13H,7,10-12H2,1H3,(H,20,22). The maximum Gasteiger partial charge on any atom is 0.318 e. The van der Waals surface area contributed by atoms with Crippen LogP contribution in [0, 0.1) is 0 Å². The highest BCUT2D eigenvalue weighted by molar-refractivity contribution is 5.75. The fourth-order valence-electron chi connectivity index (χ4n) is 3.28. The zero-order chi connectivity index (χ0) is 16.5. The summed E-state index contributed by atoms with van der Waals surface area (Å²) in [6.45, 7) is 3.48. The van der Waals surface area contributed by atoms with Gasteiger partial charge in [-0.1, -0.05) is 30.3 Å². The van der Waals surface area contributed by atoms with Gasteiger partial charge in [-0.3, -0.25) is 0 Å². The molecule has 0 fully saturated rings. The van der Waals surface area contributed by atoms with Gasteiger partial charge in [0.25, 0.3) is 0 Å². The molecule has 4 rings (SSSR count). The third-order valence-electron chi connectivity index (χ3n) is 4.63. The Kier molecular flexibility index (Phi) is 3.76. The third kappa shape index (κ3) is 2.77. The maximum absolute atomic E-state index is 12.6. The zero-order valence-electron chi connectivity index (χ0n) is 13.6. The molecule has 5 heteroatoms. The van der Waals surface area contributed by atoms with Gasteiger partial charge < -0.3 is 19.7 Å². The van der Waals surface area contributed by atoms with E-state index in [1.807, 2.05) is 47.4 Å². The Hall–Kier alpha value is -2.69. The maximum atomic E-state index is 12.6. The number of nitrogens with one attached hydrogen (secondary N) is 1. The molecule has 2 heterocycles. The highest BCUT2D eigenvalue weighted by atomic mass is 16.7. The molecule has 0 saturated heterocycles. The Morgan fingerprint density at radius 2 is 1.88 bits per heavy atom. The summed E-state index contributed by atoms with van der Waals surface area (Å²) in [6, 6.07) is 14.1. The predicted molar refractivity (Wildman–Crippen MR) is 90.0 cm³/mol. The quantitative estimate of drug-likeness (QED) is 0.923. The van der Waals surface area contributed by atoms with Crippen molar-refractivity contribution in [3.8, 4) is 11.5 Å². The lowest BCUT2D eigenvalue weighted by Gasteiger charge is -2.35. The van der Waals surface area contributed by atoms with Gasteiger partial charge >= 0.3 is 6.03 Å². The normalized spacial score (nSPS) is 18.2. The van der Waals surface area contributed by atoms with Gasteiger partial charge in [-0.05, 0) is 42.2 Å². The van der Waals surface area contributed by atoms with Crippen molar-refractivity contribution in [1.29, 1.82) is 0 Å². The lowest BCUT2D eigenvalue weighted by atomic mass is 9.94. The van der Waals surface area contributed by atoms with Crippen LogP contribution in [-0.2, 0) is 19.5 Å². The molecule has 1 N–H and O–H groups in total. The lowest BCUT2D eigenvalue weighted by Crippen LogP contribution is -2.47. The van der Waals surface area contributed by atoms with Crippen LogP contribution in [-0.4, -0.2) is 23.8 Å². The van der Waals surface area contributed by atoms with Crippen LogP contribution in [0.25, 0.3) is 0 Å². The smallest absolute Gasteiger partial charge is 0.318 e. The molecule has 24 heavy (non-hydrogen) atoms. The van der Waals surface area contributed by atoms with Crippen molar-refractivity contribution in [3.05, 3.63) is 59.2 Å². The van der Waals surface area contributed by atoms with E-state index in [-0.39, 0.29) is 18.9 Å². The van der Waals surface area contributed by atoms with E-state index in [2.05, 4.69) is 12.2 Å².